The fourth-order valence-electron chi connectivity index (χ4n) is 2.95. The van der Waals surface area contributed by atoms with Crippen LogP contribution in [0.2, 0.25) is 0 Å². The molecule has 1 heterocycles. The number of alkyl halides is 3. The van der Waals surface area contributed by atoms with Gasteiger partial charge in [-0.05, 0) is 31.2 Å². The maximum Gasteiger partial charge on any atom is 0.417 e. The first kappa shape index (κ1) is 14.8. The average Bonchev–Trinajstić information content (AvgIpc) is 3.21. The molecule has 5 nitrogen and oxygen atoms in total. The highest BCUT2D eigenvalue weighted by molar-refractivity contribution is 6.00. The summed E-state index contributed by atoms with van der Waals surface area (Å²) in [5, 5.41) is 10.8. The van der Waals surface area contributed by atoms with E-state index >= 15 is 0 Å². The number of halogens is 3. The molecule has 8 heteroatoms. The van der Waals surface area contributed by atoms with E-state index in [0.29, 0.717) is 12.0 Å². The molecule has 0 saturated heterocycles. The van der Waals surface area contributed by atoms with Gasteiger partial charge in [-0.3, -0.25) is 14.9 Å². The monoisotopic (exact) mass is 314 g/mol. The largest absolute Gasteiger partial charge is 0.417 e. The first-order valence-corrected chi connectivity index (χ1v) is 6.89. The van der Waals surface area contributed by atoms with Crippen LogP contribution in [0.3, 0.4) is 0 Å². The van der Waals surface area contributed by atoms with Crippen molar-refractivity contribution < 1.29 is 22.9 Å². The number of carbonyl (C=O) groups excluding carboxylic acids is 1. The fraction of sp³-hybridized carbons (Fsp3) is 0.500. The van der Waals surface area contributed by atoms with E-state index in [9.17, 15) is 28.1 Å². The highest BCUT2D eigenvalue weighted by Gasteiger charge is 2.45. The molecule has 0 N–H and O–H groups in total. The van der Waals surface area contributed by atoms with Gasteiger partial charge in [0.15, 0.2) is 0 Å². The lowest BCUT2D eigenvalue weighted by atomic mass is 10.0. The number of carbonyl (C=O) groups is 1. The molecular formula is C14H13F3N2O3. The number of hydrogen-bond donors (Lipinski definition) is 0. The molecule has 118 valence electrons. The Balaban J connectivity index is 2.09. The van der Waals surface area contributed by atoms with Crippen LogP contribution in [0.1, 0.15) is 41.3 Å². The van der Waals surface area contributed by atoms with Crippen LogP contribution in [0.25, 0.3) is 0 Å². The molecule has 2 aliphatic rings. The zero-order valence-electron chi connectivity index (χ0n) is 11.7. The van der Waals surface area contributed by atoms with Crippen molar-refractivity contribution in [3.05, 3.63) is 38.9 Å². The van der Waals surface area contributed by atoms with Crippen molar-refractivity contribution in [2.24, 2.45) is 5.92 Å². The number of hydrogen-bond acceptors (Lipinski definition) is 3. The van der Waals surface area contributed by atoms with E-state index in [2.05, 4.69) is 0 Å². The minimum absolute atomic E-state index is 0.00338. The standard InChI is InChI=1S/C14H13F3N2O3/c1-7(8-2-3-8)18-6-9-4-10(19(21)22)5-11(14(15,16)17)12(9)13(18)20/h4-5,7-8H,2-3,6H2,1H3. The lowest BCUT2D eigenvalue weighted by Crippen LogP contribution is -2.35. The molecule has 1 unspecified atom stereocenters. The van der Waals surface area contributed by atoms with Crippen LogP contribution in [0.15, 0.2) is 12.1 Å². The molecule has 1 aliphatic carbocycles. The Morgan fingerprint density at radius 3 is 2.50 bits per heavy atom. The van der Waals surface area contributed by atoms with Gasteiger partial charge in [-0.25, -0.2) is 0 Å². The molecule has 0 radical (unpaired) electrons. The van der Waals surface area contributed by atoms with Crippen molar-refractivity contribution in [1.29, 1.82) is 0 Å². The Morgan fingerprint density at radius 2 is 2.00 bits per heavy atom. The number of rotatable bonds is 3. The molecule has 22 heavy (non-hydrogen) atoms. The maximum atomic E-state index is 13.2. The zero-order valence-corrected chi connectivity index (χ0v) is 11.7. The maximum absolute atomic E-state index is 13.2. The average molecular weight is 314 g/mol. The Kier molecular flexibility index (Phi) is 3.15. The molecular weight excluding hydrogens is 301 g/mol. The van der Waals surface area contributed by atoms with Gasteiger partial charge in [0.2, 0.25) is 0 Å². The first-order valence-electron chi connectivity index (χ1n) is 6.89. The number of benzene rings is 1. The highest BCUT2D eigenvalue weighted by atomic mass is 19.4. The third kappa shape index (κ3) is 2.32. The number of nitrogens with zero attached hydrogens (tertiary/aromatic N) is 2. The van der Waals surface area contributed by atoms with Gasteiger partial charge in [0.1, 0.15) is 0 Å². The van der Waals surface area contributed by atoms with Crippen LogP contribution in [0.5, 0.6) is 0 Å². The lowest BCUT2D eigenvalue weighted by Gasteiger charge is -2.24. The first-order chi connectivity index (χ1) is 10.2. The van der Waals surface area contributed by atoms with E-state index in [4.69, 9.17) is 0 Å². The summed E-state index contributed by atoms with van der Waals surface area (Å²) in [6.45, 7) is 1.81. The Labute approximate surface area is 123 Å². The number of fused-ring (bicyclic) bond motifs is 1. The van der Waals surface area contributed by atoms with Gasteiger partial charge in [0, 0.05) is 24.7 Å². The Morgan fingerprint density at radius 1 is 1.36 bits per heavy atom. The van der Waals surface area contributed by atoms with E-state index in [-0.39, 0.29) is 18.2 Å². The molecule has 1 atom stereocenters. The molecule has 1 aliphatic heterocycles. The third-order valence-corrected chi connectivity index (χ3v) is 4.33. The van der Waals surface area contributed by atoms with Crippen molar-refractivity contribution in [2.45, 2.75) is 38.5 Å². The van der Waals surface area contributed by atoms with E-state index in [1.54, 1.807) is 0 Å². The predicted octanol–water partition coefficient (Wildman–Crippen LogP) is 3.37. The molecule has 0 spiro atoms. The molecule has 1 saturated carbocycles. The molecule has 0 bridgehead atoms. The second-order valence-electron chi connectivity index (χ2n) is 5.79. The van der Waals surface area contributed by atoms with Crippen LogP contribution >= 0.6 is 0 Å². The van der Waals surface area contributed by atoms with Crippen molar-refractivity contribution in [3.8, 4) is 0 Å². The van der Waals surface area contributed by atoms with Gasteiger partial charge in [-0.1, -0.05) is 0 Å². The molecule has 0 aromatic heterocycles. The zero-order chi connectivity index (χ0) is 16.2. The number of nitro groups is 1. The summed E-state index contributed by atoms with van der Waals surface area (Å²) in [5.74, 6) is -0.376. The summed E-state index contributed by atoms with van der Waals surface area (Å²) in [6.07, 6.45) is -2.90. The van der Waals surface area contributed by atoms with Crippen LogP contribution in [-0.4, -0.2) is 21.8 Å². The minimum atomic E-state index is -4.80. The van der Waals surface area contributed by atoms with Crippen molar-refractivity contribution in [2.75, 3.05) is 0 Å². The van der Waals surface area contributed by atoms with Crippen LogP contribution in [0.4, 0.5) is 18.9 Å². The SMILES string of the molecule is CC(C1CC1)N1Cc2cc([N+](=O)[O-])cc(C(F)(F)F)c2C1=O. The summed E-state index contributed by atoms with van der Waals surface area (Å²) in [7, 11) is 0. The molecule has 1 amide bonds. The summed E-state index contributed by atoms with van der Waals surface area (Å²) in [6, 6.07) is 1.37. The van der Waals surface area contributed by atoms with Crippen molar-refractivity contribution in [3.63, 3.8) is 0 Å². The predicted molar refractivity (Wildman–Crippen MR) is 70.2 cm³/mol. The molecule has 1 aromatic rings. The van der Waals surface area contributed by atoms with Gasteiger partial charge in [0.05, 0.1) is 16.1 Å². The number of amides is 1. The summed E-state index contributed by atoms with van der Waals surface area (Å²) in [4.78, 5) is 23.7. The number of nitro benzene ring substituents is 1. The molecule has 1 fully saturated rings. The highest BCUT2D eigenvalue weighted by Crippen LogP contribution is 2.43. The summed E-state index contributed by atoms with van der Waals surface area (Å²) >= 11 is 0. The Hall–Kier alpha value is -2.12. The molecule has 1 aromatic carbocycles. The van der Waals surface area contributed by atoms with Gasteiger partial charge in [-0.2, -0.15) is 13.2 Å². The summed E-state index contributed by atoms with van der Waals surface area (Å²) < 4.78 is 39.5. The second kappa shape index (κ2) is 4.69. The number of non-ortho nitro benzene ring substituents is 1. The lowest BCUT2D eigenvalue weighted by molar-refractivity contribution is -0.385. The van der Waals surface area contributed by atoms with E-state index in [1.807, 2.05) is 6.92 Å². The topological polar surface area (TPSA) is 63.4 Å². The third-order valence-electron chi connectivity index (χ3n) is 4.33. The van der Waals surface area contributed by atoms with Crippen LogP contribution < -0.4 is 0 Å². The van der Waals surface area contributed by atoms with Gasteiger partial charge < -0.3 is 4.90 Å². The smallest absolute Gasteiger partial charge is 0.331 e. The van der Waals surface area contributed by atoms with E-state index < -0.39 is 33.8 Å². The van der Waals surface area contributed by atoms with Gasteiger partial charge >= 0.3 is 6.18 Å². The fourth-order valence-corrected chi connectivity index (χ4v) is 2.95. The Bertz CT molecular complexity index is 668. The quantitative estimate of drug-likeness (QED) is 0.635. The van der Waals surface area contributed by atoms with Crippen LogP contribution in [0, 0.1) is 16.0 Å². The normalized spacial score (nSPS) is 19.3. The minimum Gasteiger partial charge on any atom is -0.331 e. The van der Waals surface area contributed by atoms with Gasteiger partial charge in [-0.15, -0.1) is 0 Å². The second-order valence-corrected chi connectivity index (χ2v) is 5.79. The van der Waals surface area contributed by atoms with Gasteiger partial charge in [0.25, 0.3) is 11.6 Å². The van der Waals surface area contributed by atoms with Crippen molar-refractivity contribution >= 4 is 11.6 Å². The van der Waals surface area contributed by atoms with E-state index in [1.165, 1.54) is 4.90 Å². The van der Waals surface area contributed by atoms with E-state index in [0.717, 1.165) is 18.9 Å². The van der Waals surface area contributed by atoms with Crippen molar-refractivity contribution in [1.82, 2.24) is 4.90 Å². The summed E-state index contributed by atoms with van der Waals surface area (Å²) in [5.41, 5.74) is -2.21. The van der Waals surface area contributed by atoms with Crippen LogP contribution in [-0.2, 0) is 12.7 Å². The molecule has 3 rings (SSSR count).